The predicted molar refractivity (Wildman–Crippen MR) is 109 cm³/mol. The summed E-state index contributed by atoms with van der Waals surface area (Å²) in [5.74, 6) is -0.00817. The molecule has 154 valence electrons. The summed E-state index contributed by atoms with van der Waals surface area (Å²) >= 11 is 0. The minimum atomic E-state index is -0.660. The van der Waals surface area contributed by atoms with Crippen LogP contribution in [0.25, 0.3) is 0 Å². The van der Waals surface area contributed by atoms with E-state index in [9.17, 15) is 9.90 Å². The first-order valence-electron chi connectivity index (χ1n) is 10.9. The summed E-state index contributed by atoms with van der Waals surface area (Å²) in [7, 11) is 0. The van der Waals surface area contributed by atoms with E-state index in [1.54, 1.807) is 0 Å². The highest BCUT2D eigenvalue weighted by Crippen LogP contribution is 2.25. The Labute approximate surface area is 168 Å². The van der Waals surface area contributed by atoms with Gasteiger partial charge in [0.1, 0.15) is 0 Å². The summed E-state index contributed by atoms with van der Waals surface area (Å²) in [6.45, 7) is 6.81. The molecule has 0 aliphatic carbocycles. The number of amides is 1. The molecule has 6 heteroatoms. The van der Waals surface area contributed by atoms with Crippen molar-refractivity contribution in [2.24, 2.45) is 0 Å². The minimum Gasteiger partial charge on any atom is -0.390 e. The Balaban J connectivity index is 1.22. The van der Waals surface area contributed by atoms with Gasteiger partial charge in [0.15, 0.2) is 6.10 Å². The third-order valence-corrected chi connectivity index (χ3v) is 6.40. The van der Waals surface area contributed by atoms with Gasteiger partial charge in [-0.15, -0.1) is 0 Å². The number of anilines is 1. The number of para-hydroxylation sites is 1. The van der Waals surface area contributed by atoms with Crippen LogP contribution in [0, 0.1) is 0 Å². The Kier molecular flexibility index (Phi) is 6.50. The molecule has 3 saturated heterocycles. The fraction of sp³-hybridized carbons (Fsp3) is 0.682. The molecule has 0 spiro atoms. The number of nitrogens with zero attached hydrogens (tertiary/aromatic N) is 3. The second-order valence-corrected chi connectivity index (χ2v) is 8.31. The second-order valence-electron chi connectivity index (χ2n) is 8.31. The lowest BCUT2D eigenvalue weighted by Gasteiger charge is -2.38. The van der Waals surface area contributed by atoms with Crippen LogP contribution in [0.5, 0.6) is 0 Å². The van der Waals surface area contributed by atoms with Crippen molar-refractivity contribution in [3.63, 3.8) is 0 Å². The lowest BCUT2D eigenvalue weighted by atomic mass is 9.98. The average Bonchev–Trinajstić information content (AvgIpc) is 3.29. The molecule has 3 fully saturated rings. The quantitative estimate of drug-likeness (QED) is 0.834. The fourth-order valence-electron chi connectivity index (χ4n) is 4.62. The van der Waals surface area contributed by atoms with Crippen molar-refractivity contribution in [1.29, 1.82) is 0 Å². The van der Waals surface area contributed by atoms with Crippen molar-refractivity contribution in [3.05, 3.63) is 30.3 Å². The zero-order valence-corrected chi connectivity index (χ0v) is 16.7. The Hall–Kier alpha value is -1.63. The molecule has 0 saturated carbocycles. The van der Waals surface area contributed by atoms with Gasteiger partial charge in [0.2, 0.25) is 0 Å². The van der Waals surface area contributed by atoms with Gasteiger partial charge >= 0.3 is 0 Å². The third-order valence-electron chi connectivity index (χ3n) is 6.40. The second kappa shape index (κ2) is 9.25. The molecule has 1 aromatic carbocycles. The Morgan fingerprint density at radius 3 is 2.43 bits per heavy atom. The van der Waals surface area contributed by atoms with Gasteiger partial charge in [0.05, 0.1) is 12.2 Å². The summed E-state index contributed by atoms with van der Waals surface area (Å²) < 4.78 is 6.08. The largest absolute Gasteiger partial charge is 0.390 e. The first-order valence-corrected chi connectivity index (χ1v) is 10.9. The van der Waals surface area contributed by atoms with Crippen LogP contribution < -0.4 is 4.90 Å². The highest BCUT2D eigenvalue weighted by molar-refractivity contribution is 5.82. The van der Waals surface area contributed by atoms with E-state index in [-0.39, 0.29) is 12.0 Å². The number of likely N-dealkylation sites (tertiary alicyclic amines) is 1. The molecule has 0 radical (unpaired) electrons. The maximum absolute atomic E-state index is 12.7. The molecular formula is C22H33N3O3. The highest BCUT2D eigenvalue weighted by atomic mass is 16.5. The molecule has 3 heterocycles. The van der Waals surface area contributed by atoms with Crippen LogP contribution in [0.3, 0.4) is 0 Å². The maximum Gasteiger partial charge on any atom is 0.254 e. The number of carbonyl (C=O) groups excluding carboxylic acids is 1. The molecule has 0 unspecified atom stereocenters. The Bertz CT molecular complexity index is 627. The number of piperazine rings is 1. The van der Waals surface area contributed by atoms with Gasteiger partial charge in [-0.1, -0.05) is 18.2 Å². The molecule has 3 aliphatic heterocycles. The number of benzene rings is 1. The first kappa shape index (κ1) is 19.7. The van der Waals surface area contributed by atoms with Gasteiger partial charge in [-0.3, -0.25) is 9.69 Å². The standard InChI is InChI=1S/C22H33N3O3/c26-20-9-8-19(28-21(20)22(27)25-11-4-5-12-25)10-13-23-14-16-24(17-15-23)18-6-2-1-3-7-18/h1-3,6-7,19-21,26H,4-5,8-17H2/t19-,20+,21+/m1/s1. The van der Waals surface area contributed by atoms with Gasteiger partial charge < -0.3 is 19.6 Å². The average molecular weight is 388 g/mol. The summed E-state index contributed by atoms with van der Waals surface area (Å²) in [5.41, 5.74) is 1.30. The molecule has 0 aromatic heterocycles. The maximum atomic E-state index is 12.7. The van der Waals surface area contributed by atoms with Crippen molar-refractivity contribution in [2.45, 2.75) is 50.4 Å². The monoisotopic (exact) mass is 387 g/mol. The normalized spacial score (nSPS) is 29.2. The summed E-state index contributed by atoms with van der Waals surface area (Å²) in [6.07, 6.45) is 3.32. The molecule has 1 amide bonds. The highest BCUT2D eigenvalue weighted by Gasteiger charge is 2.38. The zero-order valence-electron chi connectivity index (χ0n) is 16.7. The van der Waals surface area contributed by atoms with Crippen LogP contribution in [0.1, 0.15) is 32.1 Å². The van der Waals surface area contributed by atoms with Crippen molar-refractivity contribution in [2.75, 3.05) is 50.7 Å². The molecule has 1 N–H and O–H groups in total. The lowest BCUT2D eigenvalue weighted by Crippen LogP contribution is -2.51. The van der Waals surface area contributed by atoms with Crippen LogP contribution in [0.15, 0.2) is 30.3 Å². The van der Waals surface area contributed by atoms with E-state index in [4.69, 9.17) is 4.74 Å². The Morgan fingerprint density at radius 2 is 1.71 bits per heavy atom. The van der Waals surface area contributed by atoms with E-state index in [1.165, 1.54) is 5.69 Å². The van der Waals surface area contributed by atoms with Crippen molar-refractivity contribution in [3.8, 4) is 0 Å². The smallest absolute Gasteiger partial charge is 0.254 e. The predicted octanol–water partition coefficient (Wildman–Crippen LogP) is 1.73. The molecule has 1 aromatic rings. The SMILES string of the molecule is O=C([C@H]1O[C@@H](CCN2CCN(c3ccccc3)CC2)CC[C@@H]1O)N1CCCC1. The zero-order chi connectivity index (χ0) is 19.3. The number of hydrogen-bond acceptors (Lipinski definition) is 5. The molecule has 6 nitrogen and oxygen atoms in total. The van der Waals surface area contributed by atoms with E-state index >= 15 is 0 Å². The van der Waals surface area contributed by atoms with Gasteiger partial charge in [-0.05, 0) is 44.2 Å². The van der Waals surface area contributed by atoms with Crippen molar-refractivity contribution >= 4 is 11.6 Å². The summed E-state index contributed by atoms with van der Waals surface area (Å²) in [5, 5.41) is 10.3. The first-order chi connectivity index (χ1) is 13.7. The van der Waals surface area contributed by atoms with Crippen LogP contribution in [-0.2, 0) is 9.53 Å². The molecule has 4 rings (SSSR count). The number of hydrogen-bond donors (Lipinski definition) is 1. The third kappa shape index (κ3) is 4.67. The molecule has 28 heavy (non-hydrogen) atoms. The minimum absolute atomic E-state index is 0.00817. The fourth-order valence-corrected chi connectivity index (χ4v) is 4.62. The Morgan fingerprint density at radius 1 is 1.00 bits per heavy atom. The number of aliphatic hydroxyl groups excluding tert-OH is 1. The molecule has 3 atom stereocenters. The number of rotatable bonds is 5. The van der Waals surface area contributed by atoms with Crippen LogP contribution in [0.4, 0.5) is 5.69 Å². The van der Waals surface area contributed by atoms with Crippen molar-refractivity contribution < 1.29 is 14.6 Å². The number of carbonyl (C=O) groups is 1. The van der Waals surface area contributed by atoms with E-state index in [0.717, 1.165) is 71.5 Å². The van der Waals surface area contributed by atoms with E-state index in [0.29, 0.717) is 6.42 Å². The number of aliphatic hydroxyl groups is 1. The van der Waals surface area contributed by atoms with Crippen LogP contribution in [-0.4, -0.2) is 84.9 Å². The van der Waals surface area contributed by atoms with Crippen LogP contribution in [0.2, 0.25) is 0 Å². The van der Waals surface area contributed by atoms with Gasteiger partial charge in [-0.25, -0.2) is 0 Å². The van der Waals surface area contributed by atoms with Gasteiger partial charge in [0.25, 0.3) is 5.91 Å². The summed E-state index contributed by atoms with van der Waals surface area (Å²) in [6, 6.07) is 10.6. The van der Waals surface area contributed by atoms with E-state index in [2.05, 4.69) is 40.1 Å². The van der Waals surface area contributed by atoms with E-state index in [1.807, 2.05) is 4.90 Å². The summed E-state index contributed by atoms with van der Waals surface area (Å²) in [4.78, 5) is 19.4. The molecular weight excluding hydrogens is 354 g/mol. The topological polar surface area (TPSA) is 56.3 Å². The number of ether oxygens (including phenoxy) is 1. The van der Waals surface area contributed by atoms with Gasteiger partial charge in [0, 0.05) is 51.5 Å². The van der Waals surface area contributed by atoms with Crippen LogP contribution >= 0.6 is 0 Å². The molecule has 3 aliphatic rings. The van der Waals surface area contributed by atoms with E-state index < -0.39 is 12.2 Å². The lowest BCUT2D eigenvalue weighted by molar-refractivity contribution is -0.167. The van der Waals surface area contributed by atoms with Crippen molar-refractivity contribution in [1.82, 2.24) is 9.80 Å². The molecule has 0 bridgehead atoms. The van der Waals surface area contributed by atoms with Gasteiger partial charge in [-0.2, -0.15) is 0 Å².